The Morgan fingerprint density at radius 3 is 2.62 bits per heavy atom. The molecule has 0 saturated carbocycles. The molecule has 112 valence electrons. The molecule has 6 heteroatoms. The number of carbonyl (C=O) groups is 1. The predicted octanol–water partition coefficient (Wildman–Crippen LogP) is 3.28. The van der Waals surface area contributed by atoms with Crippen LogP contribution >= 0.6 is 11.5 Å². The van der Waals surface area contributed by atoms with E-state index >= 15 is 0 Å². The summed E-state index contributed by atoms with van der Waals surface area (Å²) in [6, 6.07) is 5.72. The lowest BCUT2D eigenvalue weighted by molar-refractivity contribution is 0.101. The van der Waals surface area contributed by atoms with E-state index < -0.39 is 0 Å². The van der Waals surface area contributed by atoms with Crippen LogP contribution in [0, 0.1) is 6.92 Å². The number of hydrogen-bond donors (Lipinski definition) is 1. The second-order valence-corrected chi connectivity index (χ2v) is 5.34. The van der Waals surface area contributed by atoms with Gasteiger partial charge in [0.05, 0.1) is 25.5 Å². The van der Waals surface area contributed by atoms with Crippen molar-refractivity contribution in [1.29, 1.82) is 0 Å². The highest BCUT2D eigenvalue weighted by atomic mass is 32.1. The fraction of sp³-hybridized carbons (Fsp3) is 0.333. The van der Waals surface area contributed by atoms with E-state index in [1.54, 1.807) is 21.1 Å². The van der Waals surface area contributed by atoms with E-state index in [0.29, 0.717) is 23.6 Å². The first-order valence-electron chi connectivity index (χ1n) is 6.48. The van der Waals surface area contributed by atoms with E-state index in [1.165, 1.54) is 11.5 Å². The van der Waals surface area contributed by atoms with Crippen LogP contribution in [0.25, 0.3) is 0 Å². The van der Waals surface area contributed by atoms with Gasteiger partial charge in [-0.15, -0.1) is 0 Å². The van der Waals surface area contributed by atoms with Gasteiger partial charge in [-0.1, -0.05) is 6.07 Å². The number of ether oxygens (including phenoxy) is 2. The standard InChI is InChI=1S/C15H18N2O3S/c1-9-14(10(2)18)15(21-17-9)16-8-11-5-6-12(19-3)13(7-11)20-4/h5-7,16H,8H2,1-4H3. The third kappa shape index (κ3) is 3.33. The van der Waals surface area contributed by atoms with Gasteiger partial charge in [-0.2, -0.15) is 4.37 Å². The SMILES string of the molecule is COc1ccc(CNc2snc(C)c2C(C)=O)cc1OC. The summed E-state index contributed by atoms with van der Waals surface area (Å²) >= 11 is 1.30. The van der Waals surface area contributed by atoms with Crippen LogP contribution in [-0.4, -0.2) is 24.4 Å². The van der Waals surface area contributed by atoms with E-state index in [-0.39, 0.29) is 5.78 Å². The van der Waals surface area contributed by atoms with E-state index in [2.05, 4.69) is 9.69 Å². The minimum Gasteiger partial charge on any atom is -0.493 e. The lowest BCUT2D eigenvalue weighted by Crippen LogP contribution is -2.03. The summed E-state index contributed by atoms with van der Waals surface area (Å²) in [6.45, 7) is 3.98. The maximum absolute atomic E-state index is 11.6. The molecule has 0 fully saturated rings. The molecule has 0 aliphatic rings. The molecule has 0 atom stereocenters. The molecule has 1 aromatic carbocycles. The zero-order valence-electron chi connectivity index (χ0n) is 12.5. The number of benzene rings is 1. The molecule has 0 bridgehead atoms. The van der Waals surface area contributed by atoms with Crippen LogP contribution < -0.4 is 14.8 Å². The van der Waals surface area contributed by atoms with Crippen molar-refractivity contribution in [3.05, 3.63) is 35.0 Å². The molecule has 2 aromatic rings. The summed E-state index contributed by atoms with van der Waals surface area (Å²) in [6.07, 6.45) is 0. The van der Waals surface area contributed by atoms with Crippen molar-refractivity contribution in [3.8, 4) is 11.5 Å². The van der Waals surface area contributed by atoms with E-state index in [9.17, 15) is 4.79 Å². The first kappa shape index (κ1) is 15.3. The van der Waals surface area contributed by atoms with Gasteiger partial charge in [-0.05, 0) is 43.1 Å². The van der Waals surface area contributed by atoms with Gasteiger partial charge >= 0.3 is 0 Å². The average molecular weight is 306 g/mol. The van der Waals surface area contributed by atoms with E-state index in [1.807, 2.05) is 25.1 Å². The number of nitrogens with one attached hydrogen (secondary N) is 1. The van der Waals surface area contributed by atoms with Crippen LogP contribution in [-0.2, 0) is 6.54 Å². The molecule has 1 N–H and O–H groups in total. The molecule has 0 saturated heterocycles. The van der Waals surface area contributed by atoms with Gasteiger partial charge in [-0.3, -0.25) is 4.79 Å². The predicted molar refractivity (Wildman–Crippen MR) is 83.7 cm³/mol. The fourth-order valence-corrected chi connectivity index (χ4v) is 2.92. The van der Waals surface area contributed by atoms with Crippen molar-refractivity contribution in [2.45, 2.75) is 20.4 Å². The molecule has 0 unspecified atom stereocenters. The first-order chi connectivity index (χ1) is 10.1. The fourth-order valence-electron chi connectivity index (χ4n) is 2.08. The van der Waals surface area contributed by atoms with Crippen LogP contribution in [0.3, 0.4) is 0 Å². The lowest BCUT2D eigenvalue weighted by Gasteiger charge is -2.10. The van der Waals surface area contributed by atoms with Gasteiger partial charge < -0.3 is 14.8 Å². The average Bonchev–Trinajstić information content (AvgIpc) is 2.85. The number of methoxy groups -OCH3 is 2. The highest BCUT2D eigenvalue weighted by Gasteiger charge is 2.14. The number of anilines is 1. The zero-order valence-corrected chi connectivity index (χ0v) is 13.3. The van der Waals surface area contributed by atoms with Crippen LogP contribution in [0.2, 0.25) is 0 Å². The number of hydrogen-bond acceptors (Lipinski definition) is 6. The number of ketones is 1. The molecular weight excluding hydrogens is 288 g/mol. The number of rotatable bonds is 6. The highest BCUT2D eigenvalue weighted by Crippen LogP contribution is 2.29. The number of aryl methyl sites for hydroxylation is 1. The Hall–Kier alpha value is -2.08. The summed E-state index contributed by atoms with van der Waals surface area (Å²) in [5, 5.41) is 4.06. The summed E-state index contributed by atoms with van der Waals surface area (Å²) in [5.74, 6) is 1.40. The van der Waals surface area contributed by atoms with Crippen LogP contribution in [0.5, 0.6) is 11.5 Å². The molecule has 0 spiro atoms. The Morgan fingerprint density at radius 1 is 1.29 bits per heavy atom. The van der Waals surface area contributed by atoms with Crippen molar-refractivity contribution >= 4 is 22.3 Å². The summed E-state index contributed by atoms with van der Waals surface area (Å²) < 4.78 is 14.7. The Bertz CT molecular complexity index is 652. The number of aromatic nitrogens is 1. The monoisotopic (exact) mass is 306 g/mol. The molecule has 5 nitrogen and oxygen atoms in total. The first-order valence-corrected chi connectivity index (χ1v) is 7.26. The molecule has 21 heavy (non-hydrogen) atoms. The molecule has 0 aliphatic carbocycles. The van der Waals surface area contributed by atoms with Gasteiger partial charge in [-0.25, -0.2) is 0 Å². The number of nitrogens with zero attached hydrogens (tertiary/aromatic N) is 1. The Labute approximate surface area is 128 Å². The maximum atomic E-state index is 11.6. The molecule has 1 heterocycles. The minimum atomic E-state index is 0.0241. The van der Waals surface area contributed by atoms with Crippen LogP contribution in [0.15, 0.2) is 18.2 Å². The van der Waals surface area contributed by atoms with Crippen molar-refractivity contribution in [3.63, 3.8) is 0 Å². The van der Waals surface area contributed by atoms with Gasteiger partial charge in [0.25, 0.3) is 0 Å². The molecular formula is C15H18N2O3S. The van der Waals surface area contributed by atoms with Crippen LogP contribution in [0.1, 0.15) is 28.5 Å². The van der Waals surface area contributed by atoms with Gasteiger partial charge in [0.2, 0.25) is 0 Å². The van der Waals surface area contributed by atoms with Crippen molar-refractivity contribution in [1.82, 2.24) is 4.37 Å². The second-order valence-electron chi connectivity index (χ2n) is 4.57. The van der Waals surface area contributed by atoms with Gasteiger partial charge in [0.1, 0.15) is 5.00 Å². The quantitative estimate of drug-likeness (QED) is 0.830. The van der Waals surface area contributed by atoms with E-state index in [4.69, 9.17) is 9.47 Å². The Kier molecular flexibility index (Phi) is 4.80. The summed E-state index contributed by atoms with van der Waals surface area (Å²) in [4.78, 5) is 11.6. The maximum Gasteiger partial charge on any atom is 0.164 e. The molecule has 1 aromatic heterocycles. The van der Waals surface area contributed by atoms with Crippen molar-refractivity contribution in [2.24, 2.45) is 0 Å². The third-order valence-corrected chi connectivity index (χ3v) is 4.01. The number of carbonyl (C=O) groups excluding carboxylic acids is 1. The Morgan fingerprint density at radius 2 is 2.00 bits per heavy atom. The molecule has 0 aliphatic heterocycles. The minimum absolute atomic E-state index is 0.0241. The summed E-state index contributed by atoms with van der Waals surface area (Å²) in [5.41, 5.74) is 2.47. The summed E-state index contributed by atoms with van der Waals surface area (Å²) in [7, 11) is 3.21. The lowest BCUT2D eigenvalue weighted by atomic mass is 10.1. The smallest absolute Gasteiger partial charge is 0.164 e. The highest BCUT2D eigenvalue weighted by molar-refractivity contribution is 7.10. The van der Waals surface area contributed by atoms with Gasteiger partial charge in [0, 0.05) is 6.54 Å². The van der Waals surface area contributed by atoms with Crippen molar-refractivity contribution in [2.75, 3.05) is 19.5 Å². The molecule has 0 radical (unpaired) electrons. The zero-order chi connectivity index (χ0) is 15.4. The largest absolute Gasteiger partial charge is 0.493 e. The Balaban J connectivity index is 2.15. The van der Waals surface area contributed by atoms with Crippen LogP contribution in [0.4, 0.5) is 5.00 Å². The van der Waals surface area contributed by atoms with Gasteiger partial charge in [0.15, 0.2) is 17.3 Å². The second kappa shape index (κ2) is 6.58. The van der Waals surface area contributed by atoms with E-state index in [0.717, 1.165) is 16.3 Å². The van der Waals surface area contributed by atoms with Crippen molar-refractivity contribution < 1.29 is 14.3 Å². The number of Topliss-reactive ketones (excluding diaryl/α,β-unsaturated/α-hetero) is 1. The normalized spacial score (nSPS) is 10.3. The third-order valence-electron chi connectivity index (χ3n) is 3.12. The topological polar surface area (TPSA) is 60.5 Å². The molecule has 2 rings (SSSR count). The molecule has 0 amide bonds.